The Labute approximate surface area is 173 Å². The Morgan fingerprint density at radius 2 is 1.40 bits per heavy atom. The third kappa shape index (κ3) is 4.97. The summed E-state index contributed by atoms with van der Waals surface area (Å²) in [5, 5.41) is 11.4. The maximum Gasteiger partial charge on any atom is 0.338 e. The van der Waals surface area contributed by atoms with Gasteiger partial charge in [-0.15, -0.1) is 0 Å². The molecular weight excluding hydrogens is 380 g/mol. The maximum atomic E-state index is 12.4. The molecule has 0 aromatic heterocycles. The topological polar surface area (TPSA) is 96.3 Å². The van der Waals surface area contributed by atoms with E-state index in [0.29, 0.717) is 22.4 Å². The van der Waals surface area contributed by atoms with Crippen LogP contribution in [0.5, 0.6) is 0 Å². The quantitative estimate of drug-likeness (QED) is 0.501. The second kappa shape index (κ2) is 9.30. The van der Waals surface area contributed by atoms with Crippen LogP contribution in [0, 0.1) is 11.3 Å². The molecule has 3 aromatic rings. The summed E-state index contributed by atoms with van der Waals surface area (Å²) in [4.78, 5) is 37.0. The van der Waals surface area contributed by atoms with E-state index >= 15 is 0 Å². The van der Waals surface area contributed by atoms with Gasteiger partial charge >= 0.3 is 5.97 Å². The third-order valence-corrected chi connectivity index (χ3v) is 4.35. The molecule has 0 unspecified atom stereocenters. The first-order valence-electron chi connectivity index (χ1n) is 9.20. The van der Waals surface area contributed by atoms with Crippen LogP contribution in [0.1, 0.15) is 38.8 Å². The van der Waals surface area contributed by atoms with E-state index < -0.39 is 18.0 Å². The summed E-state index contributed by atoms with van der Waals surface area (Å²) in [6.45, 7) is 1.46. The van der Waals surface area contributed by atoms with Crippen LogP contribution in [0.15, 0.2) is 78.9 Å². The molecule has 3 aromatic carbocycles. The fraction of sp³-hybridized carbons (Fsp3) is 0.0833. The van der Waals surface area contributed by atoms with Crippen LogP contribution in [0.2, 0.25) is 0 Å². The predicted molar refractivity (Wildman–Crippen MR) is 111 cm³/mol. The third-order valence-electron chi connectivity index (χ3n) is 4.35. The molecule has 30 heavy (non-hydrogen) atoms. The van der Waals surface area contributed by atoms with Crippen LogP contribution in [0.3, 0.4) is 0 Å². The molecule has 0 fully saturated rings. The van der Waals surface area contributed by atoms with Gasteiger partial charge in [-0.3, -0.25) is 9.59 Å². The van der Waals surface area contributed by atoms with Gasteiger partial charge in [0.15, 0.2) is 11.9 Å². The minimum atomic E-state index is -1.03. The minimum absolute atomic E-state index is 0.148. The summed E-state index contributed by atoms with van der Waals surface area (Å²) >= 11 is 0. The van der Waals surface area contributed by atoms with Crippen LogP contribution in [-0.4, -0.2) is 23.8 Å². The van der Waals surface area contributed by atoms with Gasteiger partial charge in [-0.2, -0.15) is 5.26 Å². The first kappa shape index (κ1) is 20.5. The van der Waals surface area contributed by atoms with Crippen LogP contribution in [-0.2, 0) is 9.53 Å². The smallest absolute Gasteiger partial charge is 0.338 e. The number of rotatable bonds is 6. The number of hydrogen-bond donors (Lipinski definition) is 1. The van der Waals surface area contributed by atoms with Crippen molar-refractivity contribution in [3.8, 4) is 6.07 Å². The van der Waals surface area contributed by atoms with Gasteiger partial charge in [0.25, 0.3) is 5.91 Å². The maximum absolute atomic E-state index is 12.4. The van der Waals surface area contributed by atoms with Gasteiger partial charge in [-0.25, -0.2) is 4.79 Å². The zero-order valence-electron chi connectivity index (χ0n) is 16.2. The van der Waals surface area contributed by atoms with Gasteiger partial charge in [-0.1, -0.05) is 42.5 Å². The molecule has 3 rings (SSSR count). The molecule has 1 N–H and O–H groups in total. The molecule has 0 aliphatic heterocycles. The van der Waals surface area contributed by atoms with Crippen molar-refractivity contribution in [1.82, 2.24) is 0 Å². The van der Waals surface area contributed by atoms with Crippen LogP contribution < -0.4 is 5.32 Å². The molecule has 6 heteroatoms. The Balaban J connectivity index is 1.60. The number of nitrogens with one attached hydrogen (secondary N) is 1. The average molecular weight is 398 g/mol. The zero-order chi connectivity index (χ0) is 21.5. The van der Waals surface area contributed by atoms with E-state index in [4.69, 9.17) is 10.00 Å². The monoisotopic (exact) mass is 398 g/mol. The first-order chi connectivity index (χ1) is 14.5. The van der Waals surface area contributed by atoms with Gasteiger partial charge in [0.2, 0.25) is 0 Å². The normalized spacial score (nSPS) is 11.1. The summed E-state index contributed by atoms with van der Waals surface area (Å²) in [5.74, 6) is -1.31. The predicted octanol–water partition coefficient (Wildman–Crippen LogP) is 3.97. The van der Waals surface area contributed by atoms with Crippen molar-refractivity contribution < 1.29 is 19.1 Å². The van der Waals surface area contributed by atoms with E-state index in [1.165, 1.54) is 19.1 Å². The Hall–Kier alpha value is -4.24. The fourth-order valence-electron chi connectivity index (χ4n) is 2.67. The van der Waals surface area contributed by atoms with E-state index in [0.717, 1.165) is 0 Å². The number of anilines is 1. The Morgan fingerprint density at radius 1 is 0.833 bits per heavy atom. The Morgan fingerprint density at radius 3 is 2.00 bits per heavy atom. The number of benzene rings is 3. The van der Waals surface area contributed by atoms with Crippen LogP contribution in [0.4, 0.5) is 5.69 Å². The summed E-state index contributed by atoms with van der Waals surface area (Å²) in [7, 11) is 0. The van der Waals surface area contributed by atoms with E-state index in [1.54, 1.807) is 60.7 Å². The second-order valence-corrected chi connectivity index (χ2v) is 6.50. The SMILES string of the molecule is C[C@H](OC(=O)c1ccc(C(=O)c2ccccc2)cc1)C(=O)Nc1ccc(C#N)cc1. The minimum Gasteiger partial charge on any atom is -0.449 e. The summed E-state index contributed by atoms with van der Waals surface area (Å²) in [6.07, 6.45) is -1.03. The van der Waals surface area contributed by atoms with Gasteiger partial charge in [0.05, 0.1) is 17.2 Å². The molecular formula is C24H18N2O4. The highest BCUT2D eigenvalue weighted by molar-refractivity contribution is 6.09. The van der Waals surface area contributed by atoms with Crippen molar-refractivity contribution in [2.75, 3.05) is 5.32 Å². The van der Waals surface area contributed by atoms with Gasteiger partial charge in [0.1, 0.15) is 0 Å². The second-order valence-electron chi connectivity index (χ2n) is 6.50. The average Bonchev–Trinajstić information content (AvgIpc) is 2.79. The van der Waals surface area contributed by atoms with Crippen molar-refractivity contribution >= 4 is 23.3 Å². The highest BCUT2D eigenvalue weighted by atomic mass is 16.5. The number of ketones is 1. The number of hydrogen-bond acceptors (Lipinski definition) is 5. The molecule has 0 bridgehead atoms. The molecule has 1 amide bonds. The number of carbonyl (C=O) groups excluding carboxylic acids is 3. The molecule has 148 valence electrons. The van der Waals surface area contributed by atoms with Crippen molar-refractivity contribution in [2.24, 2.45) is 0 Å². The Bertz CT molecular complexity index is 1100. The lowest BCUT2D eigenvalue weighted by molar-refractivity contribution is -0.123. The van der Waals surface area contributed by atoms with Crippen LogP contribution in [0.25, 0.3) is 0 Å². The van der Waals surface area contributed by atoms with Gasteiger partial charge in [-0.05, 0) is 43.3 Å². The first-order valence-corrected chi connectivity index (χ1v) is 9.20. The molecule has 0 saturated heterocycles. The number of carbonyl (C=O) groups is 3. The number of esters is 1. The number of nitriles is 1. The number of nitrogens with zero attached hydrogens (tertiary/aromatic N) is 1. The van der Waals surface area contributed by atoms with Crippen LogP contribution >= 0.6 is 0 Å². The molecule has 1 atom stereocenters. The number of ether oxygens (including phenoxy) is 1. The lowest BCUT2D eigenvalue weighted by atomic mass is 10.0. The summed E-state index contributed by atoms with van der Waals surface area (Å²) < 4.78 is 5.21. The van der Waals surface area contributed by atoms with Crippen molar-refractivity contribution in [1.29, 1.82) is 5.26 Å². The van der Waals surface area contributed by atoms with E-state index in [2.05, 4.69) is 5.32 Å². The summed E-state index contributed by atoms with van der Waals surface area (Å²) in [5.41, 5.74) is 2.20. The molecule has 0 saturated carbocycles. The molecule has 6 nitrogen and oxygen atoms in total. The zero-order valence-corrected chi connectivity index (χ0v) is 16.2. The molecule has 0 heterocycles. The van der Waals surface area contributed by atoms with E-state index in [-0.39, 0.29) is 11.3 Å². The lowest BCUT2D eigenvalue weighted by Gasteiger charge is -2.13. The van der Waals surface area contributed by atoms with E-state index in [1.807, 2.05) is 12.1 Å². The largest absolute Gasteiger partial charge is 0.449 e. The standard InChI is InChI=1S/C24H18N2O4/c1-16(23(28)26-21-13-7-17(15-25)8-14-21)30-24(29)20-11-9-19(10-12-20)22(27)18-5-3-2-4-6-18/h2-14,16H,1H3,(H,26,28)/t16-/m0/s1. The fourth-order valence-corrected chi connectivity index (χ4v) is 2.67. The van der Waals surface area contributed by atoms with Gasteiger partial charge in [0, 0.05) is 16.8 Å². The lowest BCUT2D eigenvalue weighted by Crippen LogP contribution is -2.30. The molecule has 0 radical (unpaired) electrons. The number of amides is 1. The van der Waals surface area contributed by atoms with E-state index in [9.17, 15) is 14.4 Å². The molecule has 0 aliphatic carbocycles. The molecule has 0 aliphatic rings. The molecule has 0 spiro atoms. The highest BCUT2D eigenvalue weighted by Crippen LogP contribution is 2.14. The van der Waals surface area contributed by atoms with Crippen molar-refractivity contribution in [3.05, 3.63) is 101 Å². The highest BCUT2D eigenvalue weighted by Gasteiger charge is 2.19. The van der Waals surface area contributed by atoms with Crippen molar-refractivity contribution in [3.63, 3.8) is 0 Å². The summed E-state index contributed by atoms with van der Waals surface area (Å²) in [6, 6.07) is 23.2. The Kier molecular flexibility index (Phi) is 6.36. The van der Waals surface area contributed by atoms with Crippen molar-refractivity contribution in [2.45, 2.75) is 13.0 Å². The van der Waals surface area contributed by atoms with Gasteiger partial charge < -0.3 is 10.1 Å².